The number of rotatable bonds is 8. The van der Waals surface area contributed by atoms with Crippen LogP contribution in [0, 0.1) is 6.92 Å². The molecule has 0 radical (unpaired) electrons. The minimum Gasteiger partial charge on any atom is -0.492 e. The number of carbonyl (C=O) groups is 1. The molecule has 2 N–H and O–H groups in total. The molecule has 1 saturated heterocycles. The van der Waals surface area contributed by atoms with E-state index < -0.39 is 0 Å². The number of ether oxygens (including phenoxy) is 2. The Bertz CT molecular complexity index is 835. The molecule has 1 heterocycles. The van der Waals surface area contributed by atoms with Crippen molar-refractivity contribution in [2.24, 2.45) is 0 Å². The summed E-state index contributed by atoms with van der Waals surface area (Å²) in [5, 5.41) is 5.83. The van der Waals surface area contributed by atoms with Gasteiger partial charge in [-0.3, -0.25) is 4.90 Å². The molecule has 7 heteroatoms. The van der Waals surface area contributed by atoms with Gasteiger partial charge in [0, 0.05) is 51.6 Å². The van der Waals surface area contributed by atoms with Gasteiger partial charge in [0.1, 0.15) is 12.4 Å². The summed E-state index contributed by atoms with van der Waals surface area (Å²) in [5.41, 5.74) is 3.92. The third-order valence-corrected chi connectivity index (χ3v) is 5.11. The third-order valence-electron chi connectivity index (χ3n) is 5.11. The molecule has 1 aliphatic rings. The standard InChI is InChI=1S/C23H32N4O3/c1-18-15-20(26(2)3)7-8-22(18)25-23(28)24-17-19-5-4-6-21(16-19)30-14-11-27-9-12-29-13-10-27/h4-8,15-16H,9-14,17H2,1-3H3,(H2,24,25,28). The zero-order chi connectivity index (χ0) is 21.3. The molecule has 0 aromatic heterocycles. The predicted molar refractivity (Wildman–Crippen MR) is 121 cm³/mol. The fourth-order valence-corrected chi connectivity index (χ4v) is 3.28. The van der Waals surface area contributed by atoms with Crippen molar-refractivity contribution in [2.75, 3.05) is 63.8 Å². The van der Waals surface area contributed by atoms with Crippen LogP contribution in [0.15, 0.2) is 42.5 Å². The predicted octanol–water partition coefficient (Wildman–Crippen LogP) is 3.09. The van der Waals surface area contributed by atoms with Crippen LogP contribution in [0.2, 0.25) is 0 Å². The van der Waals surface area contributed by atoms with Gasteiger partial charge in [0.25, 0.3) is 0 Å². The fraction of sp³-hybridized carbons (Fsp3) is 0.435. The van der Waals surface area contributed by atoms with Gasteiger partial charge in [0.15, 0.2) is 0 Å². The van der Waals surface area contributed by atoms with Crippen LogP contribution in [0.3, 0.4) is 0 Å². The highest BCUT2D eigenvalue weighted by molar-refractivity contribution is 5.90. The van der Waals surface area contributed by atoms with Gasteiger partial charge in [-0.1, -0.05) is 12.1 Å². The number of aryl methyl sites for hydroxylation is 1. The summed E-state index contributed by atoms with van der Waals surface area (Å²) in [5.74, 6) is 0.818. The minimum absolute atomic E-state index is 0.227. The molecule has 162 valence electrons. The molecule has 2 aromatic carbocycles. The van der Waals surface area contributed by atoms with Gasteiger partial charge in [-0.2, -0.15) is 0 Å². The number of hydrogen-bond donors (Lipinski definition) is 2. The molecule has 3 rings (SSSR count). The van der Waals surface area contributed by atoms with E-state index in [1.54, 1.807) is 0 Å². The maximum atomic E-state index is 12.3. The summed E-state index contributed by atoms with van der Waals surface area (Å²) in [7, 11) is 3.99. The molecule has 0 aliphatic carbocycles. The van der Waals surface area contributed by atoms with E-state index in [2.05, 4.69) is 15.5 Å². The van der Waals surface area contributed by atoms with Gasteiger partial charge in [-0.15, -0.1) is 0 Å². The smallest absolute Gasteiger partial charge is 0.319 e. The molecule has 1 aliphatic heterocycles. The van der Waals surface area contributed by atoms with Crippen LogP contribution in [0.25, 0.3) is 0 Å². The summed E-state index contributed by atoms with van der Waals surface area (Å²) in [6.07, 6.45) is 0. The zero-order valence-corrected chi connectivity index (χ0v) is 18.1. The van der Waals surface area contributed by atoms with Gasteiger partial charge in [0.2, 0.25) is 0 Å². The lowest BCUT2D eigenvalue weighted by Gasteiger charge is -2.26. The lowest BCUT2D eigenvalue weighted by Crippen LogP contribution is -2.38. The first-order chi connectivity index (χ1) is 14.5. The molecule has 0 unspecified atom stereocenters. The molecule has 0 bridgehead atoms. The van der Waals surface area contributed by atoms with Gasteiger partial charge < -0.3 is 25.0 Å². The Hall–Kier alpha value is -2.77. The van der Waals surface area contributed by atoms with Crippen molar-refractivity contribution in [3.63, 3.8) is 0 Å². The fourth-order valence-electron chi connectivity index (χ4n) is 3.28. The number of hydrogen-bond acceptors (Lipinski definition) is 5. The van der Waals surface area contributed by atoms with Crippen LogP contribution in [0.5, 0.6) is 5.75 Å². The van der Waals surface area contributed by atoms with Crippen LogP contribution < -0.4 is 20.3 Å². The van der Waals surface area contributed by atoms with Crippen LogP contribution in [0.1, 0.15) is 11.1 Å². The lowest BCUT2D eigenvalue weighted by atomic mass is 10.1. The Morgan fingerprint density at radius 2 is 1.97 bits per heavy atom. The van der Waals surface area contributed by atoms with Crippen molar-refractivity contribution in [3.05, 3.63) is 53.6 Å². The van der Waals surface area contributed by atoms with Gasteiger partial charge in [-0.25, -0.2) is 4.79 Å². The maximum Gasteiger partial charge on any atom is 0.319 e. The van der Waals surface area contributed by atoms with Crippen molar-refractivity contribution >= 4 is 17.4 Å². The van der Waals surface area contributed by atoms with Crippen molar-refractivity contribution in [1.29, 1.82) is 0 Å². The quantitative estimate of drug-likeness (QED) is 0.698. The van der Waals surface area contributed by atoms with Gasteiger partial charge in [-0.05, 0) is 48.4 Å². The van der Waals surface area contributed by atoms with E-state index in [4.69, 9.17) is 9.47 Å². The van der Waals surface area contributed by atoms with Crippen LogP contribution in [-0.2, 0) is 11.3 Å². The van der Waals surface area contributed by atoms with Crippen LogP contribution in [-0.4, -0.2) is 64.5 Å². The molecule has 2 aromatic rings. The number of nitrogens with one attached hydrogen (secondary N) is 2. The third kappa shape index (κ3) is 6.64. The topological polar surface area (TPSA) is 66.1 Å². The Morgan fingerprint density at radius 1 is 1.17 bits per heavy atom. The van der Waals surface area contributed by atoms with Crippen LogP contribution >= 0.6 is 0 Å². The number of amides is 2. The number of carbonyl (C=O) groups excluding carboxylic acids is 1. The summed E-state index contributed by atoms with van der Waals surface area (Å²) >= 11 is 0. The van der Waals surface area contributed by atoms with Crippen molar-refractivity contribution in [2.45, 2.75) is 13.5 Å². The average molecular weight is 413 g/mol. The Balaban J connectivity index is 1.45. The minimum atomic E-state index is -0.227. The van der Waals surface area contributed by atoms with E-state index in [1.807, 2.05) is 68.4 Å². The van der Waals surface area contributed by atoms with E-state index in [9.17, 15) is 4.79 Å². The average Bonchev–Trinajstić information content (AvgIpc) is 2.75. The first-order valence-corrected chi connectivity index (χ1v) is 10.4. The van der Waals surface area contributed by atoms with Gasteiger partial charge >= 0.3 is 6.03 Å². The highest BCUT2D eigenvalue weighted by Crippen LogP contribution is 2.21. The molecular weight excluding hydrogens is 380 g/mol. The molecule has 1 fully saturated rings. The number of anilines is 2. The Kier molecular flexibility index (Phi) is 7.93. The lowest BCUT2D eigenvalue weighted by molar-refractivity contribution is 0.0322. The summed E-state index contributed by atoms with van der Waals surface area (Å²) in [6, 6.07) is 13.6. The summed E-state index contributed by atoms with van der Waals surface area (Å²) in [4.78, 5) is 16.7. The second-order valence-electron chi connectivity index (χ2n) is 7.65. The highest BCUT2D eigenvalue weighted by Gasteiger charge is 2.10. The van der Waals surface area contributed by atoms with E-state index in [-0.39, 0.29) is 6.03 Å². The first-order valence-electron chi connectivity index (χ1n) is 10.4. The van der Waals surface area contributed by atoms with E-state index >= 15 is 0 Å². The van der Waals surface area contributed by atoms with Crippen molar-refractivity contribution < 1.29 is 14.3 Å². The molecule has 30 heavy (non-hydrogen) atoms. The molecule has 0 saturated carbocycles. The molecule has 7 nitrogen and oxygen atoms in total. The largest absolute Gasteiger partial charge is 0.492 e. The Labute approximate surface area is 179 Å². The first kappa shape index (κ1) is 21.9. The normalized spacial score (nSPS) is 14.2. The monoisotopic (exact) mass is 412 g/mol. The summed E-state index contributed by atoms with van der Waals surface area (Å²) in [6.45, 7) is 7.45. The zero-order valence-electron chi connectivity index (χ0n) is 18.1. The van der Waals surface area contributed by atoms with Crippen molar-refractivity contribution in [1.82, 2.24) is 10.2 Å². The Morgan fingerprint density at radius 3 is 2.70 bits per heavy atom. The van der Waals surface area contributed by atoms with E-state index in [1.165, 1.54) is 0 Å². The van der Waals surface area contributed by atoms with Crippen LogP contribution in [0.4, 0.5) is 16.2 Å². The molecule has 0 atom stereocenters. The van der Waals surface area contributed by atoms with Crippen molar-refractivity contribution in [3.8, 4) is 5.75 Å². The van der Waals surface area contributed by atoms with Gasteiger partial charge in [0.05, 0.1) is 13.2 Å². The van der Waals surface area contributed by atoms with E-state index in [0.717, 1.165) is 61.1 Å². The number of morpholine rings is 1. The maximum absolute atomic E-state index is 12.3. The second-order valence-corrected chi connectivity index (χ2v) is 7.65. The molecule has 0 spiro atoms. The number of nitrogens with zero attached hydrogens (tertiary/aromatic N) is 2. The molecule has 2 amide bonds. The second kappa shape index (κ2) is 10.8. The SMILES string of the molecule is Cc1cc(N(C)C)ccc1NC(=O)NCc1cccc(OCCN2CCOCC2)c1. The highest BCUT2D eigenvalue weighted by atomic mass is 16.5. The summed E-state index contributed by atoms with van der Waals surface area (Å²) < 4.78 is 11.2. The van der Waals surface area contributed by atoms with E-state index in [0.29, 0.717) is 13.2 Å². The molecular formula is C23H32N4O3. The number of urea groups is 1. The number of benzene rings is 2.